The number of benzene rings is 1. The molecule has 1 aromatic carbocycles. The lowest BCUT2D eigenvalue weighted by Crippen LogP contribution is -2.08. The Bertz CT molecular complexity index is 755. The van der Waals surface area contributed by atoms with Gasteiger partial charge >= 0.3 is 0 Å². The lowest BCUT2D eigenvalue weighted by molar-refractivity contribution is 0.476. The predicted molar refractivity (Wildman–Crippen MR) is 77.6 cm³/mol. The number of hydrogen-bond donors (Lipinski definition) is 1. The summed E-state index contributed by atoms with van der Waals surface area (Å²) in [6.07, 6.45) is 0. The molecule has 0 bridgehead atoms. The Kier molecular flexibility index (Phi) is 2.99. The minimum Gasteiger partial charge on any atom is -0.505 e. The molecule has 1 aliphatic rings. The number of aromatic hydroxyl groups is 1. The fourth-order valence-electron chi connectivity index (χ4n) is 1.86. The Hall–Kier alpha value is -1.92. The summed E-state index contributed by atoms with van der Waals surface area (Å²) in [6, 6.07) is 3.05. The van der Waals surface area contributed by atoms with Crippen LogP contribution in [0.15, 0.2) is 22.2 Å². The van der Waals surface area contributed by atoms with Crippen molar-refractivity contribution in [3.8, 4) is 5.75 Å². The largest absolute Gasteiger partial charge is 0.505 e. The van der Waals surface area contributed by atoms with Gasteiger partial charge < -0.3 is 5.11 Å². The molecular formula is C12H9Cl2N5O. The standard InChI is InChI=1S/C12H9Cl2N5O/c1-5-10(12-17-16-6(2)19(12)18-5)15-7-3-8(13)11(20)9(14)4-7/h3-4,20H,1-2H3. The molecule has 8 heteroatoms. The topological polar surface area (TPSA) is 75.7 Å². The Morgan fingerprint density at radius 1 is 1.15 bits per heavy atom. The van der Waals surface area contributed by atoms with E-state index in [2.05, 4.69) is 20.3 Å². The van der Waals surface area contributed by atoms with Crippen LogP contribution < -0.4 is 0 Å². The first-order valence-corrected chi connectivity index (χ1v) is 6.48. The number of hydrogen-bond acceptors (Lipinski definition) is 5. The average Bonchev–Trinajstić information content (AvgIpc) is 2.89. The van der Waals surface area contributed by atoms with E-state index in [-0.39, 0.29) is 15.8 Å². The van der Waals surface area contributed by atoms with Crippen molar-refractivity contribution in [1.29, 1.82) is 0 Å². The third-order valence-corrected chi connectivity index (χ3v) is 3.42. The van der Waals surface area contributed by atoms with Crippen molar-refractivity contribution in [1.82, 2.24) is 14.9 Å². The second-order valence-corrected chi connectivity index (χ2v) is 5.10. The van der Waals surface area contributed by atoms with Gasteiger partial charge in [0.25, 0.3) is 0 Å². The number of aromatic nitrogens is 3. The molecule has 0 amide bonds. The van der Waals surface area contributed by atoms with Crippen molar-refractivity contribution in [2.45, 2.75) is 13.8 Å². The molecule has 2 aromatic rings. The van der Waals surface area contributed by atoms with Gasteiger partial charge in [0.05, 0.1) is 21.4 Å². The first-order valence-electron chi connectivity index (χ1n) is 5.72. The van der Waals surface area contributed by atoms with Crippen molar-refractivity contribution in [2.24, 2.45) is 10.1 Å². The number of nitrogens with zero attached hydrogens (tertiary/aromatic N) is 5. The molecule has 2 heterocycles. The molecule has 6 nitrogen and oxygen atoms in total. The van der Waals surface area contributed by atoms with E-state index in [1.165, 1.54) is 12.1 Å². The normalized spacial score (nSPS) is 15.6. The highest BCUT2D eigenvalue weighted by Crippen LogP contribution is 2.36. The van der Waals surface area contributed by atoms with Crippen LogP contribution in [0, 0.1) is 6.92 Å². The zero-order valence-corrected chi connectivity index (χ0v) is 12.1. The van der Waals surface area contributed by atoms with Crippen LogP contribution in [0.1, 0.15) is 18.6 Å². The van der Waals surface area contributed by atoms with E-state index in [0.717, 1.165) is 5.71 Å². The second kappa shape index (κ2) is 4.57. The van der Waals surface area contributed by atoms with Crippen LogP contribution in [0.25, 0.3) is 0 Å². The number of rotatable bonds is 1. The number of aryl methyl sites for hydroxylation is 1. The van der Waals surface area contributed by atoms with Crippen LogP contribution >= 0.6 is 23.2 Å². The molecule has 20 heavy (non-hydrogen) atoms. The minimum absolute atomic E-state index is 0.141. The maximum atomic E-state index is 9.54. The summed E-state index contributed by atoms with van der Waals surface area (Å²) in [5.41, 5.74) is 1.83. The molecule has 1 aromatic heterocycles. The Balaban J connectivity index is 2.12. The molecule has 0 saturated heterocycles. The van der Waals surface area contributed by atoms with E-state index in [4.69, 9.17) is 23.2 Å². The summed E-state index contributed by atoms with van der Waals surface area (Å²) in [5.74, 6) is 1.10. The number of fused-ring (bicyclic) bond motifs is 1. The highest BCUT2D eigenvalue weighted by molar-refractivity contribution is 6.48. The highest BCUT2D eigenvalue weighted by atomic mass is 35.5. The summed E-state index contributed by atoms with van der Waals surface area (Å²) < 4.78 is 1.62. The van der Waals surface area contributed by atoms with Gasteiger partial charge in [0.1, 0.15) is 5.71 Å². The fraction of sp³-hybridized carbons (Fsp3) is 0.167. The van der Waals surface area contributed by atoms with E-state index in [1.807, 2.05) is 13.8 Å². The average molecular weight is 310 g/mol. The molecule has 102 valence electrons. The van der Waals surface area contributed by atoms with Gasteiger partial charge in [-0.05, 0) is 26.0 Å². The van der Waals surface area contributed by atoms with Gasteiger partial charge in [0.15, 0.2) is 11.6 Å². The smallest absolute Gasteiger partial charge is 0.205 e. The van der Waals surface area contributed by atoms with E-state index in [0.29, 0.717) is 23.0 Å². The van der Waals surface area contributed by atoms with Crippen LogP contribution in [0.5, 0.6) is 5.75 Å². The fourth-order valence-corrected chi connectivity index (χ4v) is 2.34. The molecule has 0 unspecified atom stereocenters. The van der Waals surface area contributed by atoms with Gasteiger partial charge in [-0.15, -0.1) is 10.2 Å². The summed E-state index contributed by atoms with van der Waals surface area (Å²) >= 11 is 11.8. The number of phenolic OH excluding ortho intramolecular Hbond substituents is 1. The van der Waals surface area contributed by atoms with Crippen LogP contribution in [0.3, 0.4) is 0 Å². The van der Waals surface area contributed by atoms with Gasteiger partial charge in [-0.25, -0.2) is 4.99 Å². The lowest BCUT2D eigenvalue weighted by atomic mass is 10.2. The van der Waals surface area contributed by atoms with Gasteiger partial charge in [-0.3, -0.25) is 0 Å². The Labute approximate surface area is 124 Å². The first-order chi connectivity index (χ1) is 9.47. The molecule has 0 saturated carbocycles. The Morgan fingerprint density at radius 3 is 2.45 bits per heavy atom. The maximum Gasteiger partial charge on any atom is 0.205 e. The molecule has 1 N–H and O–H groups in total. The highest BCUT2D eigenvalue weighted by Gasteiger charge is 2.24. The van der Waals surface area contributed by atoms with E-state index < -0.39 is 0 Å². The molecule has 0 spiro atoms. The molecule has 0 aliphatic carbocycles. The van der Waals surface area contributed by atoms with Crippen LogP contribution in [-0.4, -0.2) is 31.4 Å². The number of aliphatic imine (C=N–C) groups is 1. The summed E-state index contributed by atoms with van der Waals surface area (Å²) in [5, 5.41) is 22.1. The summed E-state index contributed by atoms with van der Waals surface area (Å²) in [4.78, 5) is 4.44. The third kappa shape index (κ3) is 1.97. The number of phenols is 1. The van der Waals surface area contributed by atoms with Crippen molar-refractivity contribution in [2.75, 3.05) is 0 Å². The molecule has 0 radical (unpaired) electrons. The number of halogens is 2. The Morgan fingerprint density at radius 2 is 1.80 bits per heavy atom. The monoisotopic (exact) mass is 309 g/mol. The van der Waals surface area contributed by atoms with E-state index in [9.17, 15) is 5.11 Å². The van der Waals surface area contributed by atoms with E-state index >= 15 is 0 Å². The molecule has 3 rings (SSSR count). The molecular weight excluding hydrogens is 301 g/mol. The SMILES string of the molecule is CC1=Nn2c(C)nnc2C1=Nc1cc(Cl)c(O)c(Cl)c1. The molecule has 0 atom stereocenters. The van der Waals surface area contributed by atoms with Gasteiger partial charge in [0, 0.05) is 0 Å². The van der Waals surface area contributed by atoms with Gasteiger partial charge in [-0.1, -0.05) is 23.2 Å². The second-order valence-electron chi connectivity index (χ2n) is 4.29. The van der Waals surface area contributed by atoms with Crippen molar-refractivity contribution < 1.29 is 5.11 Å². The van der Waals surface area contributed by atoms with Crippen molar-refractivity contribution in [3.63, 3.8) is 0 Å². The quantitative estimate of drug-likeness (QED) is 0.880. The minimum atomic E-state index is -0.159. The van der Waals surface area contributed by atoms with Crippen molar-refractivity contribution >= 4 is 40.3 Å². The summed E-state index contributed by atoms with van der Waals surface area (Å²) in [6.45, 7) is 3.64. The molecule has 0 fully saturated rings. The first kappa shape index (κ1) is 13.1. The maximum absolute atomic E-state index is 9.54. The van der Waals surface area contributed by atoms with Gasteiger partial charge in [0.2, 0.25) is 5.82 Å². The van der Waals surface area contributed by atoms with Crippen LogP contribution in [-0.2, 0) is 0 Å². The zero-order chi connectivity index (χ0) is 14.4. The van der Waals surface area contributed by atoms with Crippen LogP contribution in [0.4, 0.5) is 5.69 Å². The summed E-state index contributed by atoms with van der Waals surface area (Å²) in [7, 11) is 0. The van der Waals surface area contributed by atoms with E-state index in [1.54, 1.807) is 4.68 Å². The zero-order valence-electron chi connectivity index (χ0n) is 10.6. The third-order valence-electron chi connectivity index (χ3n) is 2.84. The van der Waals surface area contributed by atoms with Crippen molar-refractivity contribution in [3.05, 3.63) is 33.8 Å². The predicted octanol–water partition coefficient (Wildman–Crippen LogP) is 2.96. The van der Waals surface area contributed by atoms with Gasteiger partial charge in [-0.2, -0.15) is 9.78 Å². The van der Waals surface area contributed by atoms with Crippen LogP contribution in [0.2, 0.25) is 10.0 Å². The lowest BCUT2D eigenvalue weighted by Gasteiger charge is -2.02. The molecule has 1 aliphatic heterocycles.